The van der Waals surface area contributed by atoms with Gasteiger partial charge in [-0.15, -0.1) is 0 Å². The van der Waals surface area contributed by atoms with Crippen LogP contribution in [0.3, 0.4) is 0 Å². The molecular weight excluding hydrogens is 293 g/mol. The maximum atomic E-state index is 13.4. The lowest BCUT2D eigenvalue weighted by Crippen LogP contribution is -2.33. The molecule has 5 nitrogen and oxygen atoms in total. The lowest BCUT2D eigenvalue weighted by atomic mass is 10.1. The van der Waals surface area contributed by atoms with Crippen LogP contribution < -0.4 is 5.73 Å². The van der Waals surface area contributed by atoms with E-state index in [-0.39, 0.29) is 10.6 Å². The van der Waals surface area contributed by atoms with E-state index in [4.69, 9.17) is 5.73 Å². The zero-order valence-corrected chi connectivity index (χ0v) is 13.5. The maximum absolute atomic E-state index is 13.4. The van der Waals surface area contributed by atoms with Crippen LogP contribution in [0.15, 0.2) is 17.0 Å². The van der Waals surface area contributed by atoms with E-state index in [2.05, 4.69) is 4.90 Å². The Balaban J connectivity index is 2.23. The van der Waals surface area contributed by atoms with Crippen LogP contribution in [0.2, 0.25) is 0 Å². The Labute approximate surface area is 125 Å². The molecule has 1 heterocycles. The van der Waals surface area contributed by atoms with E-state index in [1.54, 1.807) is 14.0 Å². The van der Waals surface area contributed by atoms with Crippen LogP contribution in [-0.4, -0.2) is 51.4 Å². The summed E-state index contributed by atoms with van der Waals surface area (Å²) < 4.78 is 40.0. The van der Waals surface area contributed by atoms with Crippen LogP contribution in [0.4, 0.5) is 10.1 Å². The Morgan fingerprint density at radius 2 is 2.14 bits per heavy atom. The molecule has 1 atom stereocenters. The average Bonchev–Trinajstić information content (AvgIpc) is 2.79. The highest BCUT2D eigenvalue weighted by molar-refractivity contribution is 7.89. The van der Waals surface area contributed by atoms with Crippen molar-refractivity contribution in [3.8, 4) is 0 Å². The summed E-state index contributed by atoms with van der Waals surface area (Å²) in [5.74, 6) is -0.264. The van der Waals surface area contributed by atoms with Crippen molar-refractivity contribution in [1.82, 2.24) is 9.21 Å². The van der Waals surface area contributed by atoms with E-state index in [0.29, 0.717) is 18.0 Å². The summed E-state index contributed by atoms with van der Waals surface area (Å²) in [7, 11) is -0.0565. The van der Waals surface area contributed by atoms with Gasteiger partial charge in [-0.1, -0.05) is 0 Å². The fourth-order valence-electron chi connectivity index (χ4n) is 2.75. The number of halogens is 1. The smallest absolute Gasteiger partial charge is 0.243 e. The Morgan fingerprint density at radius 1 is 1.48 bits per heavy atom. The number of anilines is 1. The van der Waals surface area contributed by atoms with Crippen LogP contribution in [0.5, 0.6) is 0 Å². The monoisotopic (exact) mass is 315 g/mol. The molecule has 1 aromatic rings. The molecule has 0 saturated carbocycles. The number of rotatable bonds is 4. The first-order valence-corrected chi connectivity index (χ1v) is 8.36. The van der Waals surface area contributed by atoms with E-state index in [1.807, 2.05) is 7.05 Å². The number of nitrogens with two attached hydrogens (primary N) is 1. The number of aryl methyl sites for hydroxylation is 1. The Morgan fingerprint density at radius 3 is 2.71 bits per heavy atom. The number of likely N-dealkylation sites (tertiary alicyclic amines) is 1. The predicted molar refractivity (Wildman–Crippen MR) is 81.0 cm³/mol. The van der Waals surface area contributed by atoms with Gasteiger partial charge in [0.15, 0.2) is 0 Å². The number of sulfonamides is 1. The minimum Gasteiger partial charge on any atom is -0.396 e. The van der Waals surface area contributed by atoms with E-state index in [9.17, 15) is 12.8 Å². The zero-order chi connectivity index (χ0) is 15.8. The molecular formula is C14H22FN3O2S. The SMILES string of the molecule is Cc1cc(F)c(N)cc1S(=O)(=O)N(C)CC1CCN(C)C1. The maximum Gasteiger partial charge on any atom is 0.243 e. The Bertz CT molecular complexity index is 633. The lowest BCUT2D eigenvalue weighted by Gasteiger charge is -2.22. The molecule has 2 rings (SSSR count). The van der Waals surface area contributed by atoms with Crippen molar-refractivity contribution in [2.24, 2.45) is 5.92 Å². The van der Waals surface area contributed by atoms with E-state index < -0.39 is 15.8 Å². The quantitative estimate of drug-likeness (QED) is 0.850. The van der Waals surface area contributed by atoms with Gasteiger partial charge in [0, 0.05) is 20.1 Å². The summed E-state index contributed by atoms with van der Waals surface area (Å²) in [4.78, 5) is 2.27. The lowest BCUT2D eigenvalue weighted by molar-refractivity contribution is 0.356. The van der Waals surface area contributed by atoms with Gasteiger partial charge in [-0.2, -0.15) is 0 Å². The minimum atomic E-state index is -3.65. The fraction of sp³-hybridized carbons (Fsp3) is 0.571. The van der Waals surface area contributed by atoms with Crippen molar-refractivity contribution in [2.45, 2.75) is 18.2 Å². The second-order valence-electron chi connectivity index (χ2n) is 5.84. The first-order chi connectivity index (χ1) is 9.71. The number of benzene rings is 1. The molecule has 0 radical (unpaired) electrons. The molecule has 0 bridgehead atoms. The molecule has 1 saturated heterocycles. The number of nitrogen functional groups attached to an aromatic ring is 1. The zero-order valence-electron chi connectivity index (χ0n) is 12.6. The molecule has 2 N–H and O–H groups in total. The van der Waals surface area contributed by atoms with Gasteiger partial charge in [0.25, 0.3) is 0 Å². The van der Waals surface area contributed by atoms with Crippen molar-refractivity contribution >= 4 is 15.7 Å². The number of hydrogen-bond acceptors (Lipinski definition) is 4. The highest BCUT2D eigenvalue weighted by Crippen LogP contribution is 2.25. The Hall–Kier alpha value is -1.18. The molecule has 0 spiro atoms. The number of nitrogens with zero attached hydrogens (tertiary/aromatic N) is 2. The van der Waals surface area contributed by atoms with Gasteiger partial charge in [-0.3, -0.25) is 0 Å². The molecule has 0 aromatic heterocycles. The molecule has 0 aliphatic carbocycles. The average molecular weight is 315 g/mol. The van der Waals surface area contributed by atoms with Gasteiger partial charge in [-0.05, 0) is 50.6 Å². The van der Waals surface area contributed by atoms with Crippen LogP contribution >= 0.6 is 0 Å². The van der Waals surface area contributed by atoms with Gasteiger partial charge >= 0.3 is 0 Å². The van der Waals surface area contributed by atoms with E-state index in [1.165, 1.54) is 16.4 Å². The van der Waals surface area contributed by atoms with Gasteiger partial charge in [-0.25, -0.2) is 17.1 Å². The van der Waals surface area contributed by atoms with Crippen LogP contribution in [0.25, 0.3) is 0 Å². The first kappa shape index (κ1) is 16.2. The van der Waals surface area contributed by atoms with Crippen molar-refractivity contribution in [2.75, 3.05) is 39.5 Å². The third-order valence-corrected chi connectivity index (χ3v) is 5.95. The third kappa shape index (κ3) is 3.36. The van der Waals surface area contributed by atoms with Gasteiger partial charge in [0.2, 0.25) is 10.0 Å². The molecule has 1 aliphatic heterocycles. The van der Waals surface area contributed by atoms with Crippen molar-refractivity contribution in [3.63, 3.8) is 0 Å². The van der Waals surface area contributed by atoms with E-state index >= 15 is 0 Å². The standard InChI is InChI=1S/C14H22FN3O2S/c1-10-6-12(15)13(16)7-14(10)21(19,20)18(3)9-11-4-5-17(2)8-11/h6-7,11H,4-5,8-9,16H2,1-3H3. The van der Waals surface area contributed by atoms with Crippen molar-refractivity contribution in [3.05, 3.63) is 23.5 Å². The molecule has 1 unspecified atom stereocenters. The summed E-state index contributed by atoms with van der Waals surface area (Å²) >= 11 is 0. The predicted octanol–water partition coefficient (Wildman–Crippen LogP) is 1.29. The van der Waals surface area contributed by atoms with E-state index in [0.717, 1.165) is 19.5 Å². The molecule has 0 amide bonds. The van der Waals surface area contributed by atoms with Gasteiger partial charge < -0.3 is 10.6 Å². The van der Waals surface area contributed by atoms with Crippen molar-refractivity contribution < 1.29 is 12.8 Å². The summed E-state index contributed by atoms with van der Waals surface area (Å²) in [5.41, 5.74) is 5.73. The largest absolute Gasteiger partial charge is 0.396 e. The molecule has 1 aromatic carbocycles. The summed E-state index contributed by atoms with van der Waals surface area (Å²) in [6.45, 7) is 3.92. The summed E-state index contributed by atoms with van der Waals surface area (Å²) in [5, 5.41) is 0. The second kappa shape index (κ2) is 5.90. The highest BCUT2D eigenvalue weighted by Gasteiger charge is 2.28. The van der Waals surface area contributed by atoms with Crippen LogP contribution in [0.1, 0.15) is 12.0 Å². The molecule has 7 heteroatoms. The second-order valence-corrected chi connectivity index (χ2v) is 7.86. The third-order valence-electron chi connectivity index (χ3n) is 3.99. The van der Waals surface area contributed by atoms with Gasteiger partial charge in [0.1, 0.15) is 5.82 Å². The normalized spacial score (nSPS) is 20.3. The summed E-state index contributed by atoms with van der Waals surface area (Å²) in [6.07, 6.45) is 0.987. The molecule has 1 aliphatic rings. The van der Waals surface area contributed by atoms with Gasteiger partial charge in [0.05, 0.1) is 10.6 Å². The molecule has 21 heavy (non-hydrogen) atoms. The minimum absolute atomic E-state index is 0.0789. The highest BCUT2D eigenvalue weighted by atomic mass is 32.2. The topological polar surface area (TPSA) is 66.6 Å². The van der Waals surface area contributed by atoms with Crippen LogP contribution in [-0.2, 0) is 10.0 Å². The Kier molecular flexibility index (Phi) is 4.55. The first-order valence-electron chi connectivity index (χ1n) is 6.92. The summed E-state index contributed by atoms with van der Waals surface area (Å²) in [6, 6.07) is 2.37. The van der Waals surface area contributed by atoms with Crippen molar-refractivity contribution in [1.29, 1.82) is 0 Å². The van der Waals surface area contributed by atoms with Crippen LogP contribution in [0, 0.1) is 18.7 Å². The number of hydrogen-bond donors (Lipinski definition) is 1. The molecule has 1 fully saturated rings. The molecule has 118 valence electrons. The fourth-order valence-corrected chi connectivity index (χ4v) is 4.24.